The predicted octanol–water partition coefficient (Wildman–Crippen LogP) is 3.57. The number of carbonyl (C=O) groups is 1. The average Bonchev–Trinajstić information content (AvgIpc) is 2.75. The van der Waals surface area contributed by atoms with Crippen molar-refractivity contribution in [1.29, 1.82) is 0 Å². The first-order valence-corrected chi connectivity index (χ1v) is 5.90. The maximum absolute atomic E-state index is 12.5. The van der Waals surface area contributed by atoms with Crippen molar-refractivity contribution in [3.05, 3.63) is 34.9 Å². The Labute approximate surface area is 107 Å². The van der Waals surface area contributed by atoms with Gasteiger partial charge in [0, 0.05) is 11.6 Å². The van der Waals surface area contributed by atoms with Crippen LogP contribution < -0.4 is 0 Å². The van der Waals surface area contributed by atoms with E-state index in [-0.39, 0.29) is 6.54 Å². The molecule has 1 unspecified atom stereocenters. The molecule has 2 nitrogen and oxygen atoms in total. The number of rotatable bonds is 1. The molecule has 0 aromatic heterocycles. The first-order chi connectivity index (χ1) is 8.39. The smallest absolute Gasteiger partial charge is 0.328 e. The molecule has 0 aliphatic carbocycles. The fraction of sp³-hybridized carbons (Fsp3) is 0.417. The van der Waals surface area contributed by atoms with Gasteiger partial charge in [0.05, 0.1) is 6.04 Å². The first kappa shape index (κ1) is 13.2. The van der Waals surface area contributed by atoms with E-state index < -0.39 is 18.1 Å². The molecule has 1 fully saturated rings. The van der Waals surface area contributed by atoms with Gasteiger partial charge in [-0.05, 0) is 30.5 Å². The van der Waals surface area contributed by atoms with Crippen LogP contribution in [0.15, 0.2) is 24.3 Å². The van der Waals surface area contributed by atoms with E-state index in [0.29, 0.717) is 23.4 Å². The van der Waals surface area contributed by atoms with Gasteiger partial charge in [-0.25, -0.2) is 0 Å². The van der Waals surface area contributed by atoms with Gasteiger partial charge in [-0.3, -0.25) is 4.79 Å². The summed E-state index contributed by atoms with van der Waals surface area (Å²) >= 11 is 5.81. The highest BCUT2D eigenvalue weighted by Crippen LogP contribution is 2.35. The monoisotopic (exact) mass is 277 g/mol. The summed E-state index contributed by atoms with van der Waals surface area (Å²) in [5.41, 5.74) is 0.651. The van der Waals surface area contributed by atoms with Crippen LogP contribution in [0.2, 0.25) is 5.02 Å². The minimum Gasteiger partial charge on any atom is -0.328 e. The molecule has 0 radical (unpaired) electrons. The number of hydrogen-bond donors (Lipinski definition) is 0. The summed E-state index contributed by atoms with van der Waals surface area (Å²) in [6.45, 7) is 0.134. The lowest BCUT2D eigenvalue weighted by Crippen LogP contribution is -2.40. The molecule has 2 rings (SSSR count). The number of nitrogens with zero attached hydrogens (tertiary/aromatic N) is 1. The van der Waals surface area contributed by atoms with Gasteiger partial charge in [0.25, 0.3) is 0 Å². The van der Waals surface area contributed by atoms with Crippen LogP contribution in [-0.2, 0) is 4.79 Å². The highest BCUT2D eigenvalue weighted by atomic mass is 35.5. The Morgan fingerprint density at radius 3 is 2.72 bits per heavy atom. The van der Waals surface area contributed by atoms with E-state index in [1.54, 1.807) is 24.3 Å². The number of carbonyl (C=O) groups excluding carboxylic acids is 1. The highest BCUT2D eigenvalue weighted by Gasteiger charge is 2.46. The van der Waals surface area contributed by atoms with Crippen LogP contribution >= 0.6 is 11.6 Å². The number of hydrogen-bond acceptors (Lipinski definition) is 1. The van der Waals surface area contributed by atoms with Gasteiger partial charge in [-0.2, -0.15) is 13.2 Å². The van der Waals surface area contributed by atoms with Crippen LogP contribution in [-0.4, -0.2) is 23.5 Å². The van der Waals surface area contributed by atoms with Gasteiger partial charge in [-0.1, -0.05) is 23.7 Å². The van der Waals surface area contributed by atoms with Gasteiger partial charge in [0.2, 0.25) is 0 Å². The van der Waals surface area contributed by atoms with Crippen LogP contribution in [0.1, 0.15) is 24.4 Å². The minimum atomic E-state index is -4.82. The van der Waals surface area contributed by atoms with E-state index in [2.05, 4.69) is 0 Å². The molecule has 1 aromatic carbocycles. The summed E-state index contributed by atoms with van der Waals surface area (Å²) in [6, 6.07) is 6.09. The largest absolute Gasteiger partial charge is 0.471 e. The van der Waals surface area contributed by atoms with E-state index in [4.69, 9.17) is 11.6 Å². The van der Waals surface area contributed by atoms with E-state index >= 15 is 0 Å². The molecule has 1 heterocycles. The molecule has 6 heteroatoms. The number of alkyl halides is 3. The zero-order valence-electron chi connectivity index (χ0n) is 9.38. The van der Waals surface area contributed by atoms with Gasteiger partial charge >= 0.3 is 12.1 Å². The van der Waals surface area contributed by atoms with Crippen LogP contribution in [0.5, 0.6) is 0 Å². The summed E-state index contributed by atoms with van der Waals surface area (Å²) in [5, 5.41) is 0.457. The molecule has 0 saturated carbocycles. The van der Waals surface area contributed by atoms with E-state index in [1.807, 2.05) is 0 Å². The first-order valence-electron chi connectivity index (χ1n) is 5.53. The summed E-state index contributed by atoms with van der Waals surface area (Å²) in [5.74, 6) is -1.77. The average molecular weight is 278 g/mol. The summed E-state index contributed by atoms with van der Waals surface area (Å²) in [6.07, 6.45) is -3.72. The molecule has 1 aromatic rings. The molecule has 1 saturated heterocycles. The third kappa shape index (κ3) is 2.61. The summed E-state index contributed by atoms with van der Waals surface area (Å²) < 4.78 is 37.4. The van der Waals surface area contributed by atoms with Crippen LogP contribution in [0.3, 0.4) is 0 Å². The molecule has 98 valence electrons. The predicted molar refractivity (Wildman–Crippen MR) is 61.2 cm³/mol. The quantitative estimate of drug-likeness (QED) is 0.768. The third-order valence-corrected chi connectivity index (χ3v) is 3.22. The van der Waals surface area contributed by atoms with Gasteiger partial charge in [0.15, 0.2) is 0 Å². The van der Waals surface area contributed by atoms with Gasteiger partial charge in [-0.15, -0.1) is 0 Å². The van der Waals surface area contributed by atoms with Crippen molar-refractivity contribution in [3.8, 4) is 0 Å². The normalized spacial score (nSPS) is 20.2. The lowest BCUT2D eigenvalue weighted by Gasteiger charge is -2.26. The second kappa shape index (κ2) is 4.80. The number of benzene rings is 1. The number of likely N-dealkylation sites (tertiary alicyclic amines) is 1. The molecular weight excluding hydrogens is 267 g/mol. The van der Waals surface area contributed by atoms with Crippen molar-refractivity contribution < 1.29 is 18.0 Å². The van der Waals surface area contributed by atoms with E-state index in [0.717, 1.165) is 4.90 Å². The second-order valence-electron chi connectivity index (χ2n) is 4.21. The maximum atomic E-state index is 12.5. The van der Waals surface area contributed by atoms with Crippen molar-refractivity contribution in [2.45, 2.75) is 25.1 Å². The SMILES string of the molecule is O=C(N1CCCC1c1cccc(Cl)c1)C(F)(F)F. The Morgan fingerprint density at radius 1 is 1.39 bits per heavy atom. The lowest BCUT2D eigenvalue weighted by molar-refractivity contribution is -0.186. The molecule has 0 spiro atoms. The Morgan fingerprint density at radius 2 is 2.11 bits per heavy atom. The number of halogens is 4. The summed E-state index contributed by atoms with van der Waals surface area (Å²) in [4.78, 5) is 12.2. The molecule has 1 atom stereocenters. The second-order valence-corrected chi connectivity index (χ2v) is 4.65. The Hall–Kier alpha value is -1.23. The minimum absolute atomic E-state index is 0.134. The molecule has 18 heavy (non-hydrogen) atoms. The molecule has 0 N–H and O–H groups in total. The van der Waals surface area contributed by atoms with Gasteiger partial charge in [0.1, 0.15) is 0 Å². The third-order valence-electron chi connectivity index (χ3n) is 2.99. The van der Waals surface area contributed by atoms with Crippen molar-refractivity contribution in [3.63, 3.8) is 0 Å². The molecule has 1 aliphatic rings. The maximum Gasteiger partial charge on any atom is 0.471 e. The van der Waals surface area contributed by atoms with Crippen molar-refractivity contribution >= 4 is 17.5 Å². The molecular formula is C12H11ClF3NO. The van der Waals surface area contributed by atoms with Gasteiger partial charge < -0.3 is 4.90 Å². The fourth-order valence-electron chi connectivity index (χ4n) is 2.23. The van der Waals surface area contributed by atoms with Crippen molar-refractivity contribution in [1.82, 2.24) is 4.90 Å². The molecule has 0 bridgehead atoms. The Balaban J connectivity index is 2.25. The lowest BCUT2D eigenvalue weighted by atomic mass is 10.0. The zero-order valence-corrected chi connectivity index (χ0v) is 10.1. The Kier molecular flexibility index (Phi) is 3.52. The standard InChI is InChI=1S/C12H11ClF3NO/c13-9-4-1-3-8(7-9)10-5-2-6-17(10)11(18)12(14,15)16/h1,3-4,7,10H,2,5-6H2. The van der Waals surface area contributed by atoms with Crippen LogP contribution in [0.4, 0.5) is 13.2 Å². The van der Waals surface area contributed by atoms with Crippen molar-refractivity contribution in [2.75, 3.05) is 6.54 Å². The Bertz CT molecular complexity index is 461. The fourth-order valence-corrected chi connectivity index (χ4v) is 2.43. The van der Waals surface area contributed by atoms with Crippen LogP contribution in [0.25, 0.3) is 0 Å². The highest BCUT2D eigenvalue weighted by molar-refractivity contribution is 6.30. The van der Waals surface area contributed by atoms with E-state index in [1.165, 1.54) is 0 Å². The summed E-state index contributed by atoms with van der Waals surface area (Å²) in [7, 11) is 0. The zero-order chi connectivity index (χ0) is 13.3. The molecule has 1 amide bonds. The van der Waals surface area contributed by atoms with Crippen LogP contribution in [0, 0.1) is 0 Å². The van der Waals surface area contributed by atoms with Crippen molar-refractivity contribution in [2.24, 2.45) is 0 Å². The number of amides is 1. The topological polar surface area (TPSA) is 20.3 Å². The van der Waals surface area contributed by atoms with E-state index in [9.17, 15) is 18.0 Å². The molecule has 1 aliphatic heterocycles.